The predicted molar refractivity (Wildman–Crippen MR) is 103 cm³/mol. The van der Waals surface area contributed by atoms with Gasteiger partial charge in [-0.3, -0.25) is 0 Å². The van der Waals surface area contributed by atoms with Crippen molar-refractivity contribution in [1.29, 1.82) is 0 Å². The van der Waals surface area contributed by atoms with Crippen LogP contribution in [0.4, 0.5) is 10.5 Å². The molecule has 2 amide bonds. The van der Waals surface area contributed by atoms with Crippen LogP contribution in [-0.2, 0) is 0 Å². The summed E-state index contributed by atoms with van der Waals surface area (Å²) in [6.45, 7) is 6.86. The van der Waals surface area contributed by atoms with Gasteiger partial charge in [0.1, 0.15) is 0 Å². The summed E-state index contributed by atoms with van der Waals surface area (Å²) in [5.74, 6) is 0.417. The minimum absolute atomic E-state index is 0.00717. The zero-order chi connectivity index (χ0) is 18.2. The highest BCUT2D eigenvalue weighted by molar-refractivity contribution is 5.74. The second kappa shape index (κ2) is 9.66. The number of likely N-dealkylation sites (N-methyl/N-ethyl adjacent to an activating group) is 1. The second-order valence-electron chi connectivity index (χ2n) is 7.12. The van der Waals surface area contributed by atoms with Gasteiger partial charge in [0.2, 0.25) is 0 Å². The molecule has 0 heterocycles. The summed E-state index contributed by atoms with van der Waals surface area (Å²) in [4.78, 5) is 16.5. The summed E-state index contributed by atoms with van der Waals surface area (Å²) >= 11 is 0. The summed E-state index contributed by atoms with van der Waals surface area (Å²) in [5, 5.41) is 12.3. The fourth-order valence-electron chi connectivity index (χ4n) is 3.60. The van der Waals surface area contributed by atoms with Crippen LogP contribution in [0.25, 0.3) is 0 Å². The number of nitrogens with zero attached hydrogens (tertiary/aromatic N) is 2. The number of urea groups is 1. The third-order valence-corrected chi connectivity index (χ3v) is 5.35. The quantitative estimate of drug-likeness (QED) is 0.797. The maximum absolute atomic E-state index is 12.4. The number of rotatable bonds is 7. The smallest absolute Gasteiger partial charge is 0.317 e. The van der Waals surface area contributed by atoms with Gasteiger partial charge in [-0.25, -0.2) is 4.79 Å². The van der Waals surface area contributed by atoms with Crippen LogP contribution in [-0.4, -0.2) is 55.4 Å². The van der Waals surface area contributed by atoms with Gasteiger partial charge in [-0.05, 0) is 63.1 Å². The van der Waals surface area contributed by atoms with Crippen molar-refractivity contribution in [3.63, 3.8) is 0 Å². The third kappa shape index (κ3) is 5.63. The molecule has 0 radical (unpaired) electrons. The van der Waals surface area contributed by atoms with Crippen molar-refractivity contribution < 1.29 is 9.90 Å². The molecule has 2 N–H and O–H groups in total. The van der Waals surface area contributed by atoms with Gasteiger partial charge in [-0.1, -0.05) is 12.1 Å². The molecule has 5 nitrogen and oxygen atoms in total. The Hall–Kier alpha value is -1.75. The van der Waals surface area contributed by atoms with E-state index in [4.69, 9.17) is 0 Å². The SMILES string of the molecule is CCN(CCNC(=O)N(C)C1CCC(CO)CC1)c1cccc(C)c1. The summed E-state index contributed by atoms with van der Waals surface area (Å²) in [5.41, 5.74) is 2.45. The van der Waals surface area contributed by atoms with E-state index in [1.165, 1.54) is 11.3 Å². The Morgan fingerprint density at radius 2 is 2.00 bits per heavy atom. The van der Waals surface area contributed by atoms with Crippen molar-refractivity contribution >= 4 is 11.7 Å². The highest BCUT2D eigenvalue weighted by atomic mass is 16.3. The molecule has 1 saturated carbocycles. The molecular weight excluding hydrogens is 314 g/mol. The van der Waals surface area contributed by atoms with Crippen LogP contribution < -0.4 is 10.2 Å². The first-order valence-electron chi connectivity index (χ1n) is 9.48. The normalized spacial score (nSPS) is 20.2. The molecule has 0 aromatic heterocycles. The Labute approximate surface area is 152 Å². The molecule has 5 heteroatoms. The average molecular weight is 348 g/mol. The van der Waals surface area contributed by atoms with E-state index in [-0.39, 0.29) is 12.6 Å². The van der Waals surface area contributed by atoms with Crippen molar-refractivity contribution in [2.24, 2.45) is 5.92 Å². The molecule has 1 aromatic carbocycles. The van der Waals surface area contributed by atoms with Gasteiger partial charge in [0.25, 0.3) is 0 Å². The topological polar surface area (TPSA) is 55.8 Å². The summed E-state index contributed by atoms with van der Waals surface area (Å²) < 4.78 is 0. The van der Waals surface area contributed by atoms with Gasteiger partial charge < -0.3 is 20.2 Å². The Morgan fingerprint density at radius 1 is 1.28 bits per heavy atom. The molecule has 0 saturated heterocycles. The fourth-order valence-corrected chi connectivity index (χ4v) is 3.60. The van der Waals surface area contributed by atoms with Crippen molar-refractivity contribution in [3.8, 4) is 0 Å². The summed E-state index contributed by atoms with van der Waals surface area (Å²) in [6, 6.07) is 8.76. The Morgan fingerprint density at radius 3 is 2.60 bits per heavy atom. The van der Waals surface area contributed by atoms with E-state index < -0.39 is 0 Å². The van der Waals surface area contributed by atoms with Crippen molar-refractivity contribution in [1.82, 2.24) is 10.2 Å². The molecule has 1 fully saturated rings. The number of aryl methyl sites for hydroxylation is 1. The zero-order valence-corrected chi connectivity index (χ0v) is 15.9. The zero-order valence-electron chi connectivity index (χ0n) is 15.9. The molecular formula is C20H33N3O2. The van der Waals surface area contributed by atoms with Crippen LogP contribution in [0.1, 0.15) is 38.2 Å². The maximum atomic E-state index is 12.4. The molecule has 0 unspecified atom stereocenters. The number of carbonyl (C=O) groups is 1. The number of anilines is 1. The van der Waals surface area contributed by atoms with Crippen molar-refractivity contribution in [3.05, 3.63) is 29.8 Å². The minimum Gasteiger partial charge on any atom is -0.396 e. The molecule has 1 aliphatic carbocycles. The molecule has 1 aliphatic rings. The highest BCUT2D eigenvalue weighted by Gasteiger charge is 2.26. The molecule has 140 valence electrons. The number of aliphatic hydroxyl groups is 1. The minimum atomic E-state index is 0.00717. The highest BCUT2D eigenvalue weighted by Crippen LogP contribution is 2.26. The van der Waals surface area contributed by atoms with E-state index >= 15 is 0 Å². The molecule has 0 aliphatic heterocycles. The average Bonchev–Trinajstić information content (AvgIpc) is 2.64. The van der Waals surface area contributed by atoms with Crippen LogP contribution >= 0.6 is 0 Å². The van der Waals surface area contributed by atoms with Crippen molar-refractivity contribution in [2.75, 3.05) is 38.2 Å². The van der Waals surface area contributed by atoms with Crippen LogP contribution in [0.2, 0.25) is 0 Å². The van der Waals surface area contributed by atoms with Gasteiger partial charge in [0.05, 0.1) is 0 Å². The van der Waals surface area contributed by atoms with E-state index in [9.17, 15) is 9.90 Å². The predicted octanol–water partition coefficient (Wildman–Crippen LogP) is 3.01. The van der Waals surface area contributed by atoms with Gasteiger partial charge in [-0.15, -0.1) is 0 Å². The van der Waals surface area contributed by atoms with Gasteiger partial charge in [-0.2, -0.15) is 0 Å². The number of aliphatic hydroxyl groups excluding tert-OH is 1. The number of benzene rings is 1. The van der Waals surface area contributed by atoms with Crippen LogP contribution in [0.15, 0.2) is 24.3 Å². The largest absolute Gasteiger partial charge is 0.396 e. The number of nitrogens with one attached hydrogen (secondary N) is 1. The Bertz CT molecular complexity index is 541. The van der Waals surface area contributed by atoms with Gasteiger partial charge in [0, 0.05) is 45.0 Å². The molecule has 0 atom stereocenters. The molecule has 1 aromatic rings. The monoisotopic (exact) mass is 347 g/mol. The van der Waals surface area contributed by atoms with Gasteiger partial charge in [0.15, 0.2) is 0 Å². The molecule has 0 spiro atoms. The lowest BCUT2D eigenvalue weighted by Gasteiger charge is -2.34. The second-order valence-corrected chi connectivity index (χ2v) is 7.12. The van der Waals surface area contributed by atoms with E-state index in [1.54, 1.807) is 0 Å². The Kier molecular flexibility index (Phi) is 7.56. The number of hydrogen-bond donors (Lipinski definition) is 2. The molecule has 2 rings (SSSR count). The number of amides is 2. The van der Waals surface area contributed by atoms with E-state index in [1.807, 2.05) is 11.9 Å². The lowest BCUT2D eigenvalue weighted by molar-refractivity contribution is 0.134. The summed E-state index contributed by atoms with van der Waals surface area (Å²) in [7, 11) is 1.89. The first-order valence-corrected chi connectivity index (χ1v) is 9.48. The first-order chi connectivity index (χ1) is 12.0. The van der Waals surface area contributed by atoms with Crippen molar-refractivity contribution in [2.45, 2.75) is 45.6 Å². The summed E-state index contributed by atoms with van der Waals surface area (Å²) in [6.07, 6.45) is 3.99. The molecule has 0 bridgehead atoms. The Balaban J connectivity index is 1.77. The van der Waals surface area contributed by atoms with E-state index in [0.29, 0.717) is 18.5 Å². The van der Waals surface area contributed by atoms with E-state index in [0.717, 1.165) is 38.8 Å². The molecule has 25 heavy (non-hydrogen) atoms. The van der Waals surface area contributed by atoms with Crippen LogP contribution in [0, 0.1) is 12.8 Å². The van der Waals surface area contributed by atoms with Gasteiger partial charge >= 0.3 is 6.03 Å². The number of carbonyl (C=O) groups excluding carboxylic acids is 1. The third-order valence-electron chi connectivity index (χ3n) is 5.35. The lowest BCUT2D eigenvalue weighted by atomic mass is 9.86. The lowest BCUT2D eigenvalue weighted by Crippen LogP contribution is -2.47. The fraction of sp³-hybridized carbons (Fsp3) is 0.650. The maximum Gasteiger partial charge on any atom is 0.317 e. The standard InChI is InChI=1S/C20H33N3O2/c1-4-23(19-7-5-6-16(2)14-19)13-12-21-20(25)22(3)18-10-8-17(15-24)9-11-18/h5-7,14,17-18,24H,4,8-13,15H2,1-3H3,(H,21,25). The first kappa shape index (κ1) is 19.6. The van der Waals surface area contributed by atoms with E-state index in [2.05, 4.69) is 48.3 Å². The van der Waals surface area contributed by atoms with Crippen LogP contribution in [0.3, 0.4) is 0 Å². The number of hydrogen-bond acceptors (Lipinski definition) is 3. The van der Waals surface area contributed by atoms with Crippen LogP contribution in [0.5, 0.6) is 0 Å².